The molecule has 0 fully saturated rings. The van der Waals surface area contributed by atoms with Gasteiger partial charge in [-0.15, -0.1) is 12.4 Å². The molecule has 24 heavy (non-hydrogen) atoms. The van der Waals surface area contributed by atoms with E-state index in [9.17, 15) is 4.79 Å². The number of nitrogens with zero attached hydrogens (tertiary/aromatic N) is 3. The van der Waals surface area contributed by atoms with Crippen molar-refractivity contribution in [3.63, 3.8) is 0 Å². The Hall–Kier alpha value is -1.86. The molecule has 0 bridgehead atoms. The SMILES string of the molecule is Cc1nn(C)c(C)c1-c1cc(C(=O)NC(CN)CC(C)C)[nH]n1.Cl. The van der Waals surface area contributed by atoms with Crippen molar-refractivity contribution in [3.05, 3.63) is 23.1 Å². The van der Waals surface area contributed by atoms with Crippen molar-refractivity contribution in [2.75, 3.05) is 6.54 Å². The molecule has 2 aromatic rings. The molecular formula is C16H27ClN6O. The van der Waals surface area contributed by atoms with Gasteiger partial charge in [-0.3, -0.25) is 14.6 Å². The lowest BCUT2D eigenvalue weighted by atomic mass is 10.0. The topological polar surface area (TPSA) is 102 Å². The van der Waals surface area contributed by atoms with Gasteiger partial charge in [0.2, 0.25) is 0 Å². The second kappa shape index (κ2) is 8.30. The van der Waals surface area contributed by atoms with Crippen LogP contribution in [-0.2, 0) is 7.05 Å². The molecule has 2 rings (SSSR count). The monoisotopic (exact) mass is 354 g/mol. The highest BCUT2D eigenvalue weighted by molar-refractivity contribution is 5.93. The van der Waals surface area contributed by atoms with E-state index in [1.54, 1.807) is 6.07 Å². The van der Waals surface area contributed by atoms with Crippen molar-refractivity contribution in [1.82, 2.24) is 25.3 Å². The molecule has 0 aromatic carbocycles. The molecule has 0 saturated heterocycles. The van der Waals surface area contributed by atoms with Gasteiger partial charge in [0, 0.05) is 30.9 Å². The molecule has 0 spiro atoms. The average Bonchev–Trinajstić information content (AvgIpc) is 3.03. The number of hydrogen-bond donors (Lipinski definition) is 3. The quantitative estimate of drug-likeness (QED) is 0.737. The molecule has 0 aliphatic rings. The lowest BCUT2D eigenvalue weighted by Crippen LogP contribution is -2.41. The largest absolute Gasteiger partial charge is 0.347 e. The highest BCUT2D eigenvalue weighted by atomic mass is 35.5. The van der Waals surface area contributed by atoms with Gasteiger partial charge in [-0.2, -0.15) is 10.2 Å². The average molecular weight is 355 g/mol. The summed E-state index contributed by atoms with van der Waals surface area (Å²) in [7, 11) is 1.89. The summed E-state index contributed by atoms with van der Waals surface area (Å²) in [6.45, 7) is 8.56. The van der Waals surface area contributed by atoms with Crippen molar-refractivity contribution in [2.45, 2.75) is 40.2 Å². The number of carbonyl (C=O) groups excluding carboxylic acids is 1. The summed E-state index contributed by atoms with van der Waals surface area (Å²) in [4.78, 5) is 12.4. The fourth-order valence-electron chi connectivity index (χ4n) is 2.76. The molecule has 134 valence electrons. The van der Waals surface area contributed by atoms with Gasteiger partial charge in [-0.05, 0) is 32.3 Å². The molecule has 2 heterocycles. The Kier molecular flexibility index (Phi) is 6.98. The van der Waals surface area contributed by atoms with Crippen molar-refractivity contribution in [3.8, 4) is 11.3 Å². The van der Waals surface area contributed by atoms with Gasteiger partial charge in [0.25, 0.3) is 5.91 Å². The number of aromatic nitrogens is 4. The zero-order valence-corrected chi connectivity index (χ0v) is 15.7. The summed E-state index contributed by atoms with van der Waals surface area (Å²) in [5, 5.41) is 14.4. The molecular weight excluding hydrogens is 328 g/mol. The third kappa shape index (κ3) is 4.36. The number of rotatable bonds is 6. The lowest BCUT2D eigenvalue weighted by Gasteiger charge is -2.18. The number of halogens is 1. The predicted octanol–water partition coefficient (Wildman–Crippen LogP) is 1.95. The smallest absolute Gasteiger partial charge is 0.269 e. The molecule has 0 aliphatic carbocycles. The number of nitrogens with one attached hydrogen (secondary N) is 2. The molecule has 0 aliphatic heterocycles. The van der Waals surface area contributed by atoms with Crippen molar-refractivity contribution < 1.29 is 4.79 Å². The number of nitrogens with two attached hydrogens (primary N) is 1. The predicted molar refractivity (Wildman–Crippen MR) is 97.3 cm³/mol. The standard InChI is InChI=1S/C16H26N6O.ClH/c1-9(2)6-12(8-17)18-16(23)14-7-13(19-20-14)15-10(3)21-22(5)11(15)4;/h7,9,12H,6,8,17H2,1-5H3,(H,18,23)(H,19,20);1H. The van der Waals surface area contributed by atoms with Crippen LogP contribution >= 0.6 is 12.4 Å². The normalized spacial score (nSPS) is 12.1. The third-order valence-electron chi connectivity index (χ3n) is 3.96. The first-order valence-electron chi connectivity index (χ1n) is 7.90. The van der Waals surface area contributed by atoms with E-state index in [4.69, 9.17) is 5.73 Å². The minimum absolute atomic E-state index is 0. The van der Waals surface area contributed by atoms with Crippen LogP contribution < -0.4 is 11.1 Å². The van der Waals surface area contributed by atoms with Crippen LogP contribution in [0, 0.1) is 19.8 Å². The molecule has 8 heteroatoms. The van der Waals surface area contributed by atoms with Crippen molar-refractivity contribution in [2.24, 2.45) is 18.7 Å². The Morgan fingerprint density at radius 1 is 1.42 bits per heavy atom. The highest BCUT2D eigenvalue weighted by Crippen LogP contribution is 2.25. The van der Waals surface area contributed by atoms with Gasteiger partial charge in [-0.1, -0.05) is 13.8 Å². The van der Waals surface area contributed by atoms with Gasteiger partial charge in [-0.25, -0.2) is 0 Å². The maximum absolute atomic E-state index is 12.4. The summed E-state index contributed by atoms with van der Waals surface area (Å²) >= 11 is 0. The maximum Gasteiger partial charge on any atom is 0.269 e. The molecule has 1 unspecified atom stereocenters. The first-order chi connectivity index (χ1) is 10.8. The van der Waals surface area contributed by atoms with E-state index in [0.29, 0.717) is 18.2 Å². The van der Waals surface area contributed by atoms with Gasteiger partial charge in [0.15, 0.2) is 0 Å². The first-order valence-corrected chi connectivity index (χ1v) is 7.90. The van der Waals surface area contributed by atoms with Gasteiger partial charge < -0.3 is 11.1 Å². The molecule has 1 atom stereocenters. The Balaban J connectivity index is 0.00000288. The molecule has 0 radical (unpaired) electrons. The number of amides is 1. The Morgan fingerprint density at radius 2 is 2.08 bits per heavy atom. The molecule has 2 aromatic heterocycles. The van der Waals surface area contributed by atoms with Gasteiger partial charge in [0.05, 0.1) is 11.4 Å². The van der Waals surface area contributed by atoms with Crippen LogP contribution in [0.3, 0.4) is 0 Å². The molecule has 1 amide bonds. The zero-order chi connectivity index (χ0) is 17.1. The number of carbonyl (C=O) groups is 1. The van der Waals surface area contributed by atoms with E-state index in [1.165, 1.54) is 0 Å². The Morgan fingerprint density at radius 3 is 2.58 bits per heavy atom. The second-order valence-electron chi connectivity index (χ2n) is 6.37. The summed E-state index contributed by atoms with van der Waals surface area (Å²) in [6, 6.07) is 1.73. The van der Waals surface area contributed by atoms with Gasteiger partial charge in [0.1, 0.15) is 5.69 Å². The van der Waals surface area contributed by atoms with Crippen LogP contribution in [0.2, 0.25) is 0 Å². The van der Waals surface area contributed by atoms with Crippen molar-refractivity contribution in [1.29, 1.82) is 0 Å². The van der Waals surface area contributed by atoms with Crippen LogP contribution in [0.4, 0.5) is 0 Å². The second-order valence-corrected chi connectivity index (χ2v) is 6.37. The van der Waals surface area contributed by atoms with E-state index in [2.05, 4.69) is 34.5 Å². The summed E-state index contributed by atoms with van der Waals surface area (Å²) in [5.74, 6) is 0.293. The maximum atomic E-state index is 12.4. The summed E-state index contributed by atoms with van der Waals surface area (Å²) in [6.07, 6.45) is 0.851. The van der Waals surface area contributed by atoms with Crippen LogP contribution in [0.15, 0.2) is 6.07 Å². The molecule has 4 N–H and O–H groups in total. The van der Waals surface area contributed by atoms with E-state index in [1.807, 2.05) is 25.6 Å². The first kappa shape index (κ1) is 20.2. The Bertz CT molecular complexity index is 691. The summed E-state index contributed by atoms with van der Waals surface area (Å²) < 4.78 is 1.81. The summed E-state index contributed by atoms with van der Waals surface area (Å²) in [5.41, 5.74) is 9.76. The fourth-order valence-corrected chi connectivity index (χ4v) is 2.76. The highest BCUT2D eigenvalue weighted by Gasteiger charge is 2.19. The molecule has 7 nitrogen and oxygen atoms in total. The number of aryl methyl sites for hydroxylation is 2. The Labute approximate surface area is 148 Å². The fraction of sp³-hybridized carbons (Fsp3) is 0.562. The number of H-pyrrole nitrogens is 1. The van der Waals surface area contributed by atoms with E-state index < -0.39 is 0 Å². The van der Waals surface area contributed by atoms with E-state index in [0.717, 1.165) is 29.1 Å². The van der Waals surface area contributed by atoms with Crippen molar-refractivity contribution >= 4 is 18.3 Å². The van der Waals surface area contributed by atoms with E-state index in [-0.39, 0.29) is 24.4 Å². The third-order valence-corrected chi connectivity index (χ3v) is 3.96. The van der Waals surface area contributed by atoms with Crippen LogP contribution in [0.5, 0.6) is 0 Å². The van der Waals surface area contributed by atoms with Crippen LogP contribution in [-0.4, -0.2) is 38.5 Å². The van der Waals surface area contributed by atoms with Crippen LogP contribution in [0.25, 0.3) is 11.3 Å². The van der Waals surface area contributed by atoms with Crippen LogP contribution in [0.1, 0.15) is 42.1 Å². The van der Waals surface area contributed by atoms with Gasteiger partial charge >= 0.3 is 0 Å². The zero-order valence-electron chi connectivity index (χ0n) is 14.9. The number of hydrogen-bond acceptors (Lipinski definition) is 4. The van der Waals surface area contributed by atoms with E-state index >= 15 is 0 Å². The molecule has 0 saturated carbocycles. The number of aromatic amines is 1. The minimum atomic E-state index is -0.181. The lowest BCUT2D eigenvalue weighted by molar-refractivity contribution is 0.0928. The minimum Gasteiger partial charge on any atom is -0.347 e.